The van der Waals surface area contributed by atoms with Crippen molar-refractivity contribution in [1.82, 2.24) is 5.32 Å². The molecular weight excluding hydrogens is 282 g/mol. The SMILES string of the molecule is CC(C)NCCCC(=O)Nc1cc(Cl)ccc1[N+](=O)[O-]. The number of carbonyl (C=O) groups excluding carboxylic acids is 1. The topological polar surface area (TPSA) is 84.3 Å². The van der Waals surface area contributed by atoms with Crippen LogP contribution < -0.4 is 10.6 Å². The summed E-state index contributed by atoms with van der Waals surface area (Å²) in [5, 5.41) is 16.9. The lowest BCUT2D eigenvalue weighted by Crippen LogP contribution is -2.24. The molecule has 0 aromatic heterocycles. The molecule has 0 unspecified atom stereocenters. The molecule has 0 aliphatic heterocycles. The molecule has 0 spiro atoms. The summed E-state index contributed by atoms with van der Waals surface area (Å²) in [6, 6.07) is 4.44. The third kappa shape index (κ3) is 5.54. The highest BCUT2D eigenvalue weighted by Gasteiger charge is 2.15. The summed E-state index contributed by atoms with van der Waals surface area (Å²) in [6.45, 7) is 4.77. The molecule has 7 heteroatoms. The number of nitrogens with one attached hydrogen (secondary N) is 2. The first-order valence-electron chi connectivity index (χ1n) is 6.37. The van der Waals surface area contributed by atoms with Crippen LogP contribution >= 0.6 is 11.6 Å². The Labute approximate surface area is 122 Å². The first kappa shape index (κ1) is 16.4. The maximum atomic E-state index is 11.7. The van der Waals surface area contributed by atoms with Gasteiger partial charge < -0.3 is 10.6 Å². The molecule has 6 nitrogen and oxygen atoms in total. The van der Waals surface area contributed by atoms with E-state index in [1.165, 1.54) is 18.2 Å². The Kier molecular flexibility index (Phi) is 6.41. The average molecular weight is 300 g/mol. The molecule has 1 amide bonds. The smallest absolute Gasteiger partial charge is 0.292 e. The zero-order valence-electron chi connectivity index (χ0n) is 11.5. The van der Waals surface area contributed by atoms with Crippen molar-refractivity contribution < 1.29 is 9.72 Å². The number of amides is 1. The second-order valence-corrected chi connectivity index (χ2v) is 5.12. The number of halogens is 1. The number of rotatable bonds is 7. The Balaban J connectivity index is 2.57. The summed E-state index contributed by atoms with van der Waals surface area (Å²) >= 11 is 5.78. The molecule has 110 valence electrons. The molecule has 0 aliphatic rings. The van der Waals surface area contributed by atoms with Crippen molar-refractivity contribution in [2.45, 2.75) is 32.7 Å². The zero-order chi connectivity index (χ0) is 15.1. The van der Waals surface area contributed by atoms with Crippen molar-refractivity contribution in [2.75, 3.05) is 11.9 Å². The summed E-state index contributed by atoms with van der Waals surface area (Å²) in [7, 11) is 0. The van der Waals surface area contributed by atoms with E-state index in [2.05, 4.69) is 10.6 Å². The highest BCUT2D eigenvalue weighted by atomic mass is 35.5. The van der Waals surface area contributed by atoms with Gasteiger partial charge in [-0.25, -0.2) is 0 Å². The third-order valence-electron chi connectivity index (χ3n) is 2.56. The molecule has 0 bridgehead atoms. The molecule has 0 saturated heterocycles. The van der Waals surface area contributed by atoms with Gasteiger partial charge in [-0.05, 0) is 25.1 Å². The average Bonchev–Trinajstić information content (AvgIpc) is 2.34. The number of anilines is 1. The minimum atomic E-state index is -0.549. The van der Waals surface area contributed by atoms with Crippen LogP contribution in [0.2, 0.25) is 5.02 Å². The molecule has 0 fully saturated rings. The first-order chi connectivity index (χ1) is 9.40. The van der Waals surface area contributed by atoms with Crippen LogP contribution in [0.5, 0.6) is 0 Å². The van der Waals surface area contributed by atoms with Crippen LogP contribution in [0.3, 0.4) is 0 Å². The van der Waals surface area contributed by atoms with Crippen molar-refractivity contribution in [2.24, 2.45) is 0 Å². The number of nitrogens with zero attached hydrogens (tertiary/aromatic N) is 1. The molecule has 0 aliphatic carbocycles. The summed E-state index contributed by atoms with van der Waals surface area (Å²) in [6.07, 6.45) is 0.960. The van der Waals surface area contributed by atoms with Gasteiger partial charge in [-0.2, -0.15) is 0 Å². The van der Waals surface area contributed by atoms with E-state index in [1.54, 1.807) is 0 Å². The molecule has 2 N–H and O–H groups in total. The van der Waals surface area contributed by atoms with Crippen LogP contribution in [0, 0.1) is 10.1 Å². The molecule has 20 heavy (non-hydrogen) atoms. The highest BCUT2D eigenvalue weighted by molar-refractivity contribution is 6.31. The van der Waals surface area contributed by atoms with Crippen LogP contribution in [0.1, 0.15) is 26.7 Å². The highest BCUT2D eigenvalue weighted by Crippen LogP contribution is 2.27. The van der Waals surface area contributed by atoms with Gasteiger partial charge in [-0.15, -0.1) is 0 Å². The van der Waals surface area contributed by atoms with Gasteiger partial charge in [0.1, 0.15) is 5.69 Å². The summed E-state index contributed by atoms with van der Waals surface area (Å²) in [5.74, 6) is -0.263. The van der Waals surface area contributed by atoms with E-state index in [0.29, 0.717) is 23.9 Å². The second-order valence-electron chi connectivity index (χ2n) is 4.68. The van der Waals surface area contributed by atoms with Gasteiger partial charge in [0.15, 0.2) is 0 Å². The molecule has 0 radical (unpaired) electrons. The molecule has 0 atom stereocenters. The molecule has 1 aromatic carbocycles. The predicted molar refractivity (Wildman–Crippen MR) is 79.1 cm³/mol. The van der Waals surface area contributed by atoms with Crippen molar-refractivity contribution in [3.05, 3.63) is 33.3 Å². The van der Waals surface area contributed by atoms with Gasteiger partial charge in [0.05, 0.1) is 4.92 Å². The Morgan fingerprint density at radius 1 is 1.45 bits per heavy atom. The first-order valence-corrected chi connectivity index (χ1v) is 6.75. The van der Waals surface area contributed by atoms with Gasteiger partial charge >= 0.3 is 0 Å². The van der Waals surface area contributed by atoms with E-state index in [4.69, 9.17) is 11.6 Å². The van der Waals surface area contributed by atoms with E-state index in [1.807, 2.05) is 13.8 Å². The number of carbonyl (C=O) groups is 1. The standard InChI is InChI=1S/C13H18ClN3O3/c1-9(2)15-7-3-4-13(18)16-11-8-10(14)5-6-12(11)17(19)20/h5-6,8-9,15H,3-4,7H2,1-2H3,(H,16,18). The van der Waals surface area contributed by atoms with Crippen molar-refractivity contribution in [3.63, 3.8) is 0 Å². The lowest BCUT2D eigenvalue weighted by Gasteiger charge is -2.08. The lowest BCUT2D eigenvalue weighted by atomic mass is 10.2. The van der Waals surface area contributed by atoms with Crippen LogP contribution in [-0.4, -0.2) is 23.4 Å². The summed E-state index contributed by atoms with van der Waals surface area (Å²) in [4.78, 5) is 22.0. The number of nitro groups is 1. The molecule has 0 saturated carbocycles. The molecule has 1 aromatic rings. The van der Waals surface area contributed by atoms with Gasteiger partial charge in [0.25, 0.3) is 5.69 Å². The van der Waals surface area contributed by atoms with Gasteiger partial charge in [-0.3, -0.25) is 14.9 Å². The maximum Gasteiger partial charge on any atom is 0.292 e. The van der Waals surface area contributed by atoms with E-state index in [9.17, 15) is 14.9 Å². The third-order valence-corrected chi connectivity index (χ3v) is 2.80. The van der Waals surface area contributed by atoms with Crippen molar-refractivity contribution >= 4 is 28.9 Å². The Hall–Kier alpha value is -1.66. The number of hydrogen-bond donors (Lipinski definition) is 2. The van der Waals surface area contributed by atoms with Crippen LogP contribution in [0.4, 0.5) is 11.4 Å². The predicted octanol–water partition coefficient (Wildman–Crippen LogP) is 2.96. The molecular formula is C13H18ClN3O3. The van der Waals surface area contributed by atoms with Crippen LogP contribution in [0.15, 0.2) is 18.2 Å². The molecule has 0 heterocycles. The van der Waals surface area contributed by atoms with Crippen molar-refractivity contribution in [1.29, 1.82) is 0 Å². The second kappa shape index (κ2) is 7.81. The van der Waals surface area contributed by atoms with Crippen molar-refractivity contribution in [3.8, 4) is 0 Å². The quantitative estimate of drug-likeness (QED) is 0.460. The number of benzene rings is 1. The normalized spacial score (nSPS) is 10.6. The minimum absolute atomic E-state index is 0.129. The molecule has 1 rings (SSSR count). The summed E-state index contributed by atoms with van der Waals surface area (Å²) in [5.41, 5.74) is -0.0348. The maximum absolute atomic E-state index is 11.7. The Morgan fingerprint density at radius 2 is 2.15 bits per heavy atom. The minimum Gasteiger partial charge on any atom is -0.320 e. The lowest BCUT2D eigenvalue weighted by molar-refractivity contribution is -0.383. The van der Waals surface area contributed by atoms with E-state index in [0.717, 1.165) is 6.54 Å². The summed E-state index contributed by atoms with van der Waals surface area (Å²) < 4.78 is 0. The number of nitro benzene ring substituents is 1. The number of hydrogen-bond acceptors (Lipinski definition) is 4. The Bertz CT molecular complexity index is 492. The fourth-order valence-corrected chi connectivity index (χ4v) is 1.79. The van der Waals surface area contributed by atoms with Gasteiger partial charge in [-0.1, -0.05) is 25.4 Å². The van der Waals surface area contributed by atoms with E-state index in [-0.39, 0.29) is 17.3 Å². The van der Waals surface area contributed by atoms with Gasteiger partial charge in [0, 0.05) is 23.6 Å². The monoisotopic (exact) mass is 299 g/mol. The van der Waals surface area contributed by atoms with Crippen LogP contribution in [-0.2, 0) is 4.79 Å². The Morgan fingerprint density at radius 3 is 2.75 bits per heavy atom. The fourth-order valence-electron chi connectivity index (χ4n) is 1.62. The van der Waals surface area contributed by atoms with Crippen LogP contribution in [0.25, 0.3) is 0 Å². The largest absolute Gasteiger partial charge is 0.320 e. The zero-order valence-corrected chi connectivity index (χ0v) is 12.2. The van der Waals surface area contributed by atoms with E-state index >= 15 is 0 Å². The fraction of sp³-hybridized carbons (Fsp3) is 0.462. The van der Waals surface area contributed by atoms with E-state index < -0.39 is 4.92 Å². The van der Waals surface area contributed by atoms with Gasteiger partial charge in [0.2, 0.25) is 5.91 Å².